The number of fused-ring (bicyclic) bond motifs is 1. The lowest BCUT2D eigenvalue weighted by Gasteiger charge is -2.18. The van der Waals surface area contributed by atoms with Gasteiger partial charge in [-0.2, -0.15) is 0 Å². The molecule has 19 heavy (non-hydrogen) atoms. The zero-order valence-corrected chi connectivity index (χ0v) is 11.3. The lowest BCUT2D eigenvalue weighted by molar-refractivity contribution is 0.609. The van der Waals surface area contributed by atoms with E-state index in [9.17, 15) is 0 Å². The van der Waals surface area contributed by atoms with E-state index in [0.717, 1.165) is 50.4 Å². The molecular weight excluding hydrogens is 238 g/mol. The Balaban J connectivity index is 1.88. The highest BCUT2D eigenvalue weighted by Crippen LogP contribution is 2.17. The Labute approximate surface area is 113 Å². The number of hydrogen-bond donors (Lipinski definition) is 1. The second-order valence-electron chi connectivity index (χ2n) is 4.89. The fourth-order valence-corrected chi connectivity index (χ4v) is 2.58. The quantitative estimate of drug-likeness (QED) is 0.897. The fraction of sp³-hybridized carbons (Fsp3) is 0.500. The molecule has 2 aromatic rings. The summed E-state index contributed by atoms with van der Waals surface area (Å²) >= 11 is 0. The number of aryl methyl sites for hydroxylation is 1. The van der Waals surface area contributed by atoms with Crippen molar-refractivity contribution in [1.82, 2.24) is 24.8 Å². The van der Waals surface area contributed by atoms with Crippen LogP contribution in [0.4, 0.5) is 0 Å². The molecule has 0 bridgehead atoms. The van der Waals surface area contributed by atoms with Gasteiger partial charge in [0.1, 0.15) is 12.2 Å². The van der Waals surface area contributed by atoms with Crippen molar-refractivity contribution in [1.29, 1.82) is 0 Å². The summed E-state index contributed by atoms with van der Waals surface area (Å²) < 4.78 is 2.21. The van der Waals surface area contributed by atoms with Gasteiger partial charge in [-0.3, -0.25) is 0 Å². The van der Waals surface area contributed by atoms with Gasteiger partial charge >= 0.3 is 0 Å². The zero-order valence-electron chi connectivity index (χ0n) is 11.3. The number of aromatic nitrogens is 4. The van der Waals surface area contributed by atoms with Crippen molar-refractivity contribution in [2.24, 2.45) is 0 Å². The van der Waals surface area contributed by atoms with Crippen LogP contribution in [0.5, 0.6) is 0 Å². The van der Waals surface area contributed by atoms with Gasteiger partial charge in [-0.15, -0.1) is 0 Å². The summed E-state index contributed by atoms with van der Waals surface area (Å²) in [5.41, 5.74) is 3.57. The Bertz CT molecular complexity index is 561. The van der Waals surface area contributed by atoms with Crippen LogP contribution in [0.15, 0.2) is 18.7 Å². The Morgan fingerprint density at radius 1 is 1.32 bits per heavy atom. The predicted molar refractivity (Wildman–Crippen MR) is 72.8 cm³/mol. The summed E-state index contributed by atoms with van der Waals surface area (Å²) in [6.07, 6.45) is 8.51. The maximum absolute atomic E-state index is 4.46. The van der Waals surface area contributed by atoms with E-state index in [4.69, 9.17) is 0 Å². The van der Waals surface area contributed by atoms with Crippen molar-refractivity contribution in [2.75, 3.05) is 6.54 Å². The summed E-state index contributed by atoms with van der Waals surface area (Å²) in [5, 5.41) is 3.39. The first-order valence-corrected chi connectivity index (χ1v) is 6.91. The van der Waals surface area contributed by atoms with Gasteiger partial charge in [0.25, 0.3) is 0 Å². The Morgan fingerprint density at radius 3 is 3.16 bits per heavy atom. The lowest BCUT2D eigenvalue weighted by atomic mass is 10.0. The second kappa shape index (κ2) is 5.48. The molecule has 0 aromatic carbocycles. The van der Waals surface area contributed by atoms with Gasteiger partial charge in [0.15, 0.2) is 0 Å². The van der Waals surface area contributed by atoms with Gasteiger partial charge in [0.2, 0.25) is 0 Å². The van der Waals surface area contributed by atoms with Crippen LogP contribution in [0.3, 0.4) is 0 Å². The first kappa shape index (κ1) is 12.3. The van der Waals surface area contributed by atoms with Crippen molar-refractivity contribution in [3.8, 4) is 0 Å². The fourth-order valence-electron chi connectivity index (χ4n) is 2.58. The van der Waals surface area contributed by atoms with Gasteiger partial charge in [-0.1, -0.05) is 6.92 Å². The highest BCUT2D eigenvalue weighted by atomic mass is 15.1. The normalized spacial score (nSPS) is 14.4. The summed E-state index contributed by atoms with van der Waals surface area (Å²) in [6.45, 7) is 5.08. The molecule has 0 amide bonds. The molecule has 1 aliphatic rings. The number of nitrogens with one attached hydrogen (secondary N) is 1. The molecule has 0 radical (unpaired) electrons. The van der Waals surface area contributed by atoms with Gasteiger partial charge in [-0.25, -0.2) is 15.0 Å². The topological polar surface area (TPSA) is 55.6 Å². The first-order valence-electron chi connectivity index (χ1n) is 6.91. The standard InChI is InChI=1S/C14H19N5/c1-2-6-19-7-5-16-14(19)8-13-11-9-15-4-3-12(11)17-10-18-13/h5,7,10,15H,2-4,6,8-9H2,1H3. The number of hydrogen-bond acceptors (Lipinski definition) is 4. The average Bonchev–Trinajstić information content (AvgIpc) is 2.87. The van der Waals surface area contributed by atoms with Crippen LogP contribution in [0, 0.1) is 0 Å². The molecule has 0 saturated heterocycles. The minimum atomic E-state index is 0.791. The molecule has 0 fully saturated rings. The summed E-state index contributed by atoms with van der Waals surface area (Å²) in [4.78, 5) is 13.3. The van der Waals surface area contributed by atoms with Crippen LogP contribution in [-0.2, 0) is 25.9 Å². The molecule has 3 heterocycles. The molecule has 5 nitrogen and oxygen atoms in total. The van der Waals surface area contributed by atoms with Crippen LogP contribution in [0.1, 0.15) is 36.1 Å². The monoisotopic (exact) mass is 257 g/mol. The molecule has 0 spiro atoms. The largest absolute Gasteiger partial charge is 0.335 e. The third kappa shape index (κ3) is 2.51. The van der Waals surface area contributed by atoms with E-state index in [1.54, 1.807) is 6.33 Å². The lowest BCUT2D eigenvalue weighted by Crippen LogP contribution is -2.26. The number of imidazole rings is 1. The maximum atomic E-state index is 4.46. The predicted octanol–water partition coefficient (Wildman–Crippen LogP) is 1.32. The molecule has 5 heteroatoms. The van der Waals surface area contributed by atoms with Crippen molar-refractivity contribution in [3.63, 3.8) is 0 Å². The molecule has 3 rings (SSSR count). The van der Waals surface area contributed by atoms with Crippen LogP contribution in [-0.4, -0.2) is 26.1 Å². The molecule has 0 atom stereocenters. The Kier molecular flexibility index (Phi) is 3.55. The molecule has 0 unspecified atom stereocenters. The van der Waals surface area contributed by atoms with E-state index < -0.39 is 0 Å². The Morgan fingerprint density at radius 2 is 2.26 bits per heavy atom. The maximum Gasteiger partial charge on any atom is 0.115 e. The molecule has 0 saturated carbocycles. The smallest absolute Gasteiger partial charge is 0.115 e. The van der Waals surface area contributed by atoms with Crippen molar-refractivity contribution in [3.05, 3.63) is 41.5 Å². The van der Waals surface area contributed by atoms with E-state index >= 15 is 0 Å². The number of rotatable bonds is 4. The van der Waals surface area contributed by atoms with Crippen LogP contribution in [0.2, 0.25) is 0 Å². The van der Waals surface area contributed by atoms with Crippen LogP contribution < -0.4 is 5.32 Å². The first-order chi connectivity index (χ1) is 9.38. The van der Waals surface area contributed by atoms with Crippen molar-refractivity contribution in [2.45, 2.75) is 39.3 Å². The zero-order chi connectivity index (χ0) is 13.1. The molecule has 1 N–H and O–H groups in total. The minimum absolute atomic E-state index is 0.791. The molecule has 2 aromatic heterocycles. The van der Waals surface area contributed by atoms with E-state index in [0.29, 0.717) is 0 Å². The van der Waals surface area contributed by atoms with E-state index in [1.165, 1.54) is 11.3 Å². The summed E-state index contributed by atoms with van der Waals surface area (Å²) in [5.74, 6) is 1.09. The summed E-state index contributed by atoms with van der Waals surface area (Å²) in [6, 6.07) is 0. The van der Waals surface area contributed by atoms with Gasteiger partial charge < -0.3 is 9.88 Å². The van der Waals surface area contributed by atoms with Gasteiger partial charge in [-0.05, 0) is 6.42 Å². The van der Waals surface area contributed by atoms with Crippen molar-refractivity contribution < 1.29 is 0 Å². The van der Waals surface area contributed by atoms with Crippen LogP contribution >= 0.6 is 0 Å². The third-order valence-corrected chi connectivity index (χ3v) is 3.56. The molecular formula is C14H19N5. The van der Waals surface area contributed by atoms with E-state index in [2.05, 4.69) is 31.8 Å². The van der Waals surface area contributed by atoms with Crippen LogP contribution in [0.25, 0.3) is 0 Å². The second-order valence-corrected chi connectivity index (χ2v) is 4.89. The van der Waals surface area contributed by atoms with Crippen molar-refractivity contribution >= 4 is 0 Å². The van der Waals surface area contributed by atoms with Gasteiger partial charge in [0, 0.05) is 56.1 Å². The highest BCUT2D eigenvalue weighted by molar-refractivity contribution is 5.29. The molecule has 100 valence electrons. The number of nitrogens with zero attached hydrogens (tertiary/aromatic N) is 4. The summed E-state index contributed by atoms with van der Waals surface area (Å²) in [7, 11) is 0. The Hall–Kier alpha value is -1.75. The average molecular weight is 257 g/mol. The SMILES string of the molecule is CCCn1ccnc1Cc1ncnc2c1CNCC2. The molecule has 0 aliphatic carbocycles. The van der Waals surface area contributed by atoms with E-state index in [1.807, 2.05) is 12.4 Å². The molecule has 1 aliphatic heterocycles. The van der Waals surface area contributed by atoms with Gasteiger partial charge in [0.05, 0.1) is 5.69 Å². The third-order valence-electron chi connectivity index (χ3n) is 3.56. The van der Waals surface area contributed by atoms with E-state index in [-0.39, 0.29) is 0 Å². The highest BCUT2D eigenvalue weighted by Gasteiger charge is 2.16. The minimum Gasteiger partial charge on any atom is -0.335 e.